The Kier molecular flexibility index (Phi) is 8.47. The quantitative estimate of drug-likeness (QED) is 0.502. The predicted octanol–water partition coefficient (Wildman–Crippen LogP) is 4.43. The minimum atomic E-state index is -0.878. The maximum absolute atomic E-state index is 10.4. The van der Waals surface area contributed by atoms with Gasteiger partial charge in [0, 0.05) is 6.08 Å². The van der Waals surface area contributed by atoms with Crippen molar-refractivity contribution in [2.75, 3.05) is 0 Å². The molecule has 0 rings (SSSR count). The van der Waals surface area contributed by atoms with Gasteiger partial charge < -0.3 is 5.11 Å². The first kappa shape index (κ1) is 16.0. The van der Waals surface area contributed by atoms with Gasteiger partial charge in [-0.15, -0.1) is 0 Å². The van der Waals surface area contributed by atoms with Crippen LogP contribution in [-0.4, -0.2) is 11.1 Å². The van der Waals surface area contributed by atoms with E-state index in [2.05, 4.69) is 26.8 Å². The van der Waals surface area contributed by atoms with Crippen molar-refractivity contribution < 1.29 is 9.90 Å². The topological polar surface area (TPSA) is 37.3 Å². The van der Waals surface area contributed by atoms with Crippen LogP contribution in [0.15, 0.2) is 23.8 Å². The maximum Gasteiger partial charge on any atom is 0.328 e. The molecule has 0 fully saturated rings. The van der Waals surface area contributed by atoms with Crippen molar-refractivity contribution in [3.63, 3.8) is 0 Å². The summed E-state index contributed by atoms with van der Waals surface area (Å²) in [5.74, 6) is 0.596. The van der Waals surface area contributed by atoms with Gasteiger partial charge in [-0.25, -0.2) is 4.79 Å². The maximum atomic E-state index is 10.4. The summed E-state index contributed by atoms with van der Waals surface area (Å²) in [6.07, 6.45) is 10.1. The third kappa shape index (κ3) is 11.2. The fraction of sp³-hybridized carbons (Fsp3) is 0.667. The summed E-state index contributed by atoms with van der Waals surface area (Å²) in [4.78, 5) is 10.4. The highest BCUT2D eigenvalue weighted by molar-refractivity contribution is 5.81. The van der Waals surface area contributed by atoms with E-state index in [1.54, 1.807) is 0 Å². The Morgan fingerprint density at radius 3 is 2.41 bits per heavy atom. The molecule has 2 heteroatoms. The van der Waals surface area contributed by atoms with Gasteiger partial charge in [0.15, 0.2) is 0 Å². The summed E-state index contributed by atoms with van der Waals surface area (Å²) in [5.41, 5.74) is 0.798. The largest absolute Gasteiger partial charge is 0.478 e. The lowest BCUT2D eigenvalue weighted by Gasteiger charge is -2.09. The number of hydrogen-bond acceptors (Lipinski definition) is 1. The second kappa shape index (κ2) is 9.03. The Bertz CT molecular complexity index is 275. The highest BCUT2D eigenvalue weighted by Gasteiger charge is 2.01. The number of carboxylic acids is 1. The zero-order chi connectivity index (χ0) is 13.3. The van der Waals surface area contributed by atoms with Crippen LogP contribution in [0.3, 0.4) is 0 Å². The molecule has 0 radical (unpaired) electrons. The molecule has 1 unspecified atom stereocenters. The number of hydrogen-bond donors (Lipinski definition) is 1. The summed E-state index contributed by atoms with van der Waals surface area (Å²) in [6, 6.07) is 0. The van der Waals surface area contributed by atoms with Gasteiger partial charge in [0.2, 0.25) is 0 Å². The van der Waals surface area contributed by atoms with E-state index in [-0.39, 0.29) is 0 Å². The first-order chi connectivity index (χ1) is 7.91. The smallest absolute Gasteiger partial charge is 0.328 e. The SMILES string of the molecule is CC(=C/C(=O)O)/C=C/CC(C)CCCC(C)C. The second-order valence-corrected chi connectivity index (χ2v) is 5.29. The molecule has 2 nitrogen and oxygen atoms in total. The molecule has 0 aromatic heterocycles. The minimum Gasteiger partial charge on any atom is -0.478 e. The van der Waals surface area contributed by atoms with Crippen LogP contribution >= 0.6 is 0 Å². The van der Waals surface area contributed by atoms with E-state index >= 15 is 0 Å². The molecule has 98 valence electrons. The molecule has 0 aliphatic rings. The molecule has 0 aromatic carbocycles. The van der Waals surface area contributed by atoms with Gasteiger partial charge in [-0.05, 0) is 30.8 Å². The molecule has 1 N–H and O–H groups in total. The molecule has 0 spiro atoms. The average Bonchev–Trinajstić information content (AvgIpc) is 2.15. The van der Waals surface area contributed by atoms with E-state index in [0.29, 0.717) is 5.92 Å². The summed E-state index contributed by atoms with van der Waals surface area (Å²) in [5, 5.41) is 8.55. The van der Waals surface area contributed by atoms with Crippen LogP contribution in [0.5, 0.6) is 0 Å². The normalized spacial score (nSPS) is 14.5. The summed E-state index contributed by atoms with van der Waals surface area (Å²) in [6.45, 7) is 8.57. The highest BCUT2D eigenvalue weighted by Crippen LogP contribution is 2.15. The third-order valence-electron chi connectivity index (χ3n) is 2.75. The van der Waals surface area contributed by atoms with Crippen LogP contribution in [0.4, 0.5) is 0 Å². The number of aliphatic carboxylic acids is 1. The van der Waals surface area contributed by atoms with Gasteiger partial charge in [-0.1, -0.05) is 52.2 Å². The van der Waals surface area contributed by atoms with Gasteiger partial charge in [0.25, 0.3) is 0 Å². The fourth-order valence-corrected chi connectivity index (χ4v) is 1.72. The van der Waals surface area contributed by atoms with Crippen molar-refractivity contribution in [3.8, 4) is 0 Å². The van der Waals surface area contributed by atoms with Gasteiger partial charge in [0.05, 0.1) is 0 Å². The van der Waals surface area contributed by atoms with Crippen molar-refractivity contribution >= 4 is 5.97 Å². The van der Waals surface area contributed by atoms with Crippen LogP contribution in [0, 0.1) is 11.8 Å². The molecule has 0 aromatic rings. The van der Waals surface area contributed by atoms with Gasteiger partial charge in [0.1, 0.15) is 0 Å². The van der Waals surface area contributed by atoms with E-state index in [4.69, 9.17) is 5.11 Å². The molecule has 1 atom stereocenters. The second-order valence-electron chi connectivity index (χ2n) is 5.29. The Labute approximate surface area is 105 Å². The van der Waals surface area contributed by atoms with Crippen molar-refractivity contribution in [2.24, 2.45) is 11.8 Å². The molecular formula is C15H26O2. The summed E-state index contributed by atoms with van der Waals surface area (Å²) in [7, 11) is 0. The van der Waals surface area contributed by atoms with Crippen molar-refractivity contribution in [2.45, 2.75) is 53.4 Å². The van der Waals surface area contributed by atoms with Crippen molar-refractivity contribution in [1.82, 2.24) is 0 Å². The lowest BCUT2D eigenvalue weighted by molar-refractivity contribution is -0.131. The number of carbonyl (C=O) groups is 1. The van der Waals surface area contributed by atoms with Crippen LogP contribution in [0.1, 0.15) is 53.4 Å². The molecule has 0 saturated carbocycles. The van der Waals surface area contributed by atoms with Crippen molar-refractivity contribution in [1.29, 1.82) is 0 Å². The zero-order valence-corrected chi connectivity index (χ0v) is 11.6. The lowest BCUT2D eigenvalue weighted by atomic mass is 9.97. The molecule has 0 aliphatic heterocycles. The van der Waals surface area contributed by atoms with Crippen LogP contribution in [-0.2, 0) is 4.79 Å². The van der Waals surface area contributed by atoms with E-state index in [1.165, 1.54) is 25.3 Å². The van der Waals surface area contributed by atoms with E-state index in [9.17, 15) is 4.79 Å². The average molecular weight is 238 g/mol. The number of allylic oxidation sites excluding steroid dienone is 3. The first-order valence-electron chi connectivity index (χ1n) is 6.49. The number of rotatable bonds is 8. The fourth-order valence-electron chi connectivity index (χ4n) is 1.72. The van der Waals surface area contributed by atoms with E-state index < -0.39 is 5.97 Å². The van der Waals surface area contributed by atoms with Crippen LogP contribution in [0.25, 0.3) is 0 Å². The van der Waals surface area contributed by atoms with Gasteiger partial charge in [-0.2, -0.15) is 0 Å². The Balaban J connectivity index is 3.79. The Morgan fingerprint density at radius 2 is 1.88 bits per heavy atom. The van der Waals surface area contributed by atoms with E-state index in [0.717, 1.165) is 17.9 Å². The Hall–Kier alpha value is -1.05. The van der Waals surface area contributed by atoms with Crippen LogP contribution < -0.4 is 0 Å². The van der Waals surface area contributed by atoms with Gasteiger partial charge >= 0.3 is 5.97 Å². The lowest BCUT2D eigenvalue weighted by Crippen LogP contribution is -1.95. The third-order valence-corrected chi connectivity index (χ3v) is 2.75. The minimum absolute atomic E-state index is 0.683. The zero-order valence-electron chi connectivity index (χ0n) is 11.6. The predicted molar refractivity (Wildman–Crippen MR) is 73.0 cm³/mol. The number of carboxylic acid groups (broad SMARTS) is 1. The highest BCUT2D eigenvalue weighted by atomic mass is 16.4. The van der Waals surface area contributed by atoms with Crippen LogP contribution in [0.2, 0.25) is 0 Å². The molecule has 17 heavy (non-hydrogen) atoms. The molecule has 0 amide bonds. The summed E-state index contributed by atoms with van der Waals surface area (Å²) >= 11 is 0. The summed E-state index contributed by atoms with van der Waals surface area (Å²) < 4.78 is 0. The molecule has 0 aliphatic carbocycles. The first-order valence-corrected chi connectivity index (χ1v) is 6.49. The van der Waals surface area contributed by atoms with Crippen molar-refractivity contribution in [3.05, 3.63) is 23.8 Å². The Morgan fingerprint density at radius 1 is 1.24 bits per heavy atom. The molecule has 0 heterocycles. The molecule has 0 bridgehead atoms. The molecule has 0 saturated heterocycles. The molecular weight excluding hydrogens is 212 g/mol. The van der Waals surface area contributed by atoms with E-state index in [1.807, 2.05) is 13.0 Å². The van der Waals surface area contributed by atoms with Gasteiger partial charge in [-0.3, -0.25) is 0 Å². The standard InChI is InChI=1S/C15H26O2/c1-12(2)7-5-8-13(3)9-6-10-14(4)11-15(16)17/h6,10-13H,5,7-9H2,1-4H3,(H,16,17)/b10-6+,14-11-. The monoisotopic (exact) mass is 238 g/mol.